The molecule has 0 fully saturated rings. The Bertz CT molecular complexity index is 829. The molecule has 29 heavy (non-hydrogen) atoms. The Hall–Kier alpha value is -3.75. The molecule has 1 unspecified atom stereocenters. The minimum absolute atomic E-state index is 0.110. The number of urea groups is 1. The van der Waals surface area contributed by atoms with E-state index in [1.807, 2.05) is 13.0 Å². The number of para-hydroxylation sites is 2. The first-order valence-corrected chi connectivity index (χ1v) is 9.02. The highest BCUT2D eigenvalue weighted by Crippen LogP contribution is 2.26. The van der Waals surface area contributed by atoms with Gasteiger partial charge in [-0.15, -0.1) is 0 Å². The Kier molecular flexibility index (Phi) is 8.30. The van der Waals surface area contributed by atoms with Gasteiger partial charge >= 0.3 is 6.03 Å². The van der Waals surface area contributed by atoms with Crippen molar-refractivity contribution in [3.05, 3.63) is 60.2 Å². The Morgan fingerprint density at radius 2 is 1.48 bits per heavy atom. The zero-order chi connectivity index (χ0) is 21.1. The molecule has 0 heterocycles. The number of hydrogen-bond acceptors (Lipinski definition) is 5. The highest BCUT2D eigenvalue weighted by molar-refractivity contribution is 5.83. The van der Waals surface area contributed by atoms with Crippen LogP contribution in [0.1, 0.15) is 24.9 Å². The van der Waals surface area contributed by atoms with E-state index in [1.54, 1.807) is 48.5 Å². The normalized spacial score (nSPS) is 11.1. The first-order chi connectivity index (χ1) is 14.0. The van der Waals surface area contributed by atoms with Crippen molar-refractivity contribution in [1.82, 2.24) is 16.2 Å². The maximum absolute atomic E-state index is 12.1. The van der Waals surface area contributed by atoms with Gasteiger partial charge in [-0.05, 0) is 24.6 Å². The zero-order valence-electron chi connectivity index (χ0n) is 16.0. The van der Waals surface area contributed by atoms with Gasteiger partial charge < -0.3 is 20.5 Å². The quantitative estimate of drug-likeness (QED) is 0.473. The summed E-state index contributed by atoms with van der Waals surface area (Å²) in [6.45, 7) is 1.99. The van der Waals surface area contributed by atoms with Crippen LogP contribution >= 0.6 is 0 Å². The van der Waals surface area contributed by atoms with Crippen molar-refractivity contribution in [2.24, 2.45) is 5.73 Å². The first kappa shape index (κ1) is 21.5. The van der Waals surface area contributed by atoms with E-state index in [4.69, 9.17) is 15.2 Å². The molecule has 0 aliphatic carbocycles. The number of carbonyl (C=O) groups is 3. The topological polar surface area (TPSA) is 132 Å². The fourth-order valence-electron chi connectivity index (χ4n) is 2.51. The van der Waals surface area contributed by atoms with Crippen molar-refractivity contribution in [2.75, 3.05) is 13.2 Å². The lowest BCUT2D eigenvalue weighted by Crippen LogP contribution is -2.45. The summed E-state index contributed by atoms with van der Waals surface area (Å²) >= 11 is 0. The van der Waals surface area contributed by atoms with Crippen molar-refractivity contribution < 1.29 is 23.9 Å². The van der Waals surface area contributed by atoms with Gasteiger partial charge in [0.1, 0.15) is 0 Å². The molecule has 9 heteroatoms. The number of hydrazine groups is 1. The van der Waals surface area contributed by atoms with Crippen LogP contribution in [0.15, 0.2) is 54.6 Å². The van der Waals surface area contributed by atoms with E-state index in [0.717, 1.165) is 0 Å². The molecule has 0 spiro atoms. The summed E-state index contributed by atoms with van der Waals surface area (Å²) in [6.07, 6.45) is -0.110. The average molecular weight is 400 g/mol. The van der Waals surface area contributed by atoms with Crippen LogP contribution in [-0.2, 0) is 9.59 Å². The third-order valence-corrected chi connectivity index (χ3v) is 3.76. The van der Waals surface area contributed by atoms with Gasteiger partial charge in [0.05, 0.1) is 19.1 Å². The van der Waals surface area contributed by atoms with E-state index in [1.165, 1.54) is 0 Å². The number of rotatable bonds is 9. The van der Waals surface area contributed by atoms with Crippen LogP contribution in [0.5, 0.6) is 11.5 Å². The van der Waals surface area contributed by atoms with Crippen LogP contribution in [-0.4, -0.2) is 31.1 Å². The van der Waals surface area contributed by atoms with Gasteiger partial charge in [0.15, 0.2) is 18.1 Å². The van der Waals surface area contributed by atoms with Gasteiger partial charge in [0, 0.05) is 0 Å². The lowest BCUT2D eigenvalue weighted by Gasteiger charge is -2.18. The molecule has 9 nitrogen and oxygen atoms in total. The van der Waals surface area contributed by atoms with Crippen LogP contribution < -0.4 is 31.4 Å². The summed E-state index contributed by atoms with van der Waals surface area (Å²) in [5.41, 5.74) is 10.4. The molecule has 0 bridgehead atoms. The summed E-state index contributed by atoms with van der Waals surface area (Å²) in [5.74, 6) is -0.111. The molecule has 0 saturated carbocycles. The van der Waals surface area contributed by atoms with E-state index in [9.17, 15) is 14.4 Å². The molecule has 0 aliphatic heterocycles. The maximum atomic E-state index is 12.1. The number of primary amides is 1. The molecular weight excluding hydrogens is 376 g/mol. The Morgan fingerprint density at radius 3 is 2.10 bits per heavy atom. The summed E-state index contributed by atoms with van der Waals surface area (Å²) in [5, 5.41) is 2.51. The van der Waals surface area contributed by atoms with Crippen LogP contribution in [0.3, 0.4) is 0 Å². The maximum Gasteiger partial charge on any atom is 0.312 e. The Morgan fingerprint density at radius 1 is 0.897 bits per heavy atom. The molecule has 0 saturated heterocycles. The SMILES string of the molecule is CCOc1ccccc1OCC(=O)NNC(=O)CC(NC(N)=O)c1ccccc1. The largest absolute Gasteiger partial charge is 0.490 e. The average Bonchev–Trinajstić information content (AvgIpc) is 2.71. The molecular formula is C20H24N4O5. The predicted molar refractivity (Wildman–Crippen MR) is 106 cm³/mol. The lowest BCUT2D eigenvalue weighted by atomic mass is 10.0. The third kappa shape index (κ3) is 7.41. The summed E-state index contributed by atoms with van der Waals surface area (Å²) in [6, 6.07) is 14.5. The van der Waals surface area contributed by atoms with E-state index < -0.39 is 23.9 Å². The molecule has 4 amide bonds. The molecule has 1 atom stereocenters. The van der Waals surface area contributed by atoms with E-state index in [0.29, 0.717) is 23.7 Å². The Labute approximate surface area is 168 Å². The lowest BCUT2D eigenvalue weighted by molar-refractivity contribution is -0.130. The van der Waals surface area contributed by atoms with E-state index in [-0.39, 0.29) is 13.0 Å². The minimum Gasteiger partial charge on any atom is -0.490 e. The van der Waals surface area contributed by atoms with Gasteiger partial charge in [0.25, 0.3) is 5.91 Å². The highest BCUT2D eigenvalue weighted by atomic mass is 16.5. The molecule has 2 aromatic rings. The molecule has 2 rings (SSSR count). The number of hydrogen-bond donors (Lipinski definition) is 4. The van der Waals surface area contributed by atoms with Crippen molar-refractivity contribution in [1.29, 1.82) is 0 Å². The van der Waals surface area contributed by atoms with Crippen molar-refractivity contribution in [2.45, 2.75) is 19.4 Å². The number of nitrogens with one attached hydrogen (secondary N) is 3. The summed E-state index contributed by atoms with van der Waals surface area (Å²) in [7, 11) is 0. The highest BCUT2D eigenvalue weighted by Gasteiger charge is 2.18. The van der Waals surface area contributed by atoms with E-state index in [2.05, 4.69) is 16.2 Å². The zero-order valence-corrected chi connectivity index (χ0v) is 16.0. The van der Waals surface area contributed by atoms with Crippen LogP contribution in [0.25, 0.3) is 0 Å². The molecule has 0 aliphatic rings. The predicted octanol–water partition coefficient (Wildman–Crippen LogP) is 1.41. The molecule has 154 valence electrons. The molecule has 0 aromatic heterocycles. The Balaban J connectivity index is 1.83. The summed E-state index contributed by atoms with van der Waals surface area (Å²) < 4.78 is 10.8. The molecule has 2 aromatic carbocycles. The van der Waals surface area contributed by atoms with Crippen LogP contribution in [0.2, 0.25) is 0 Å². The van der Waals surface area contributed by atoms with Crippen LogP contribution in [0, 0.1) is 0 Å². The number of nitrogens with two attached hydrogens (primary N) is 1. The third-order valence-electron chi connectivity index (χ3n) is 3.76. The van der Waals surface area contributed by atoms with Gasteiger partial charge in [-0.2, -0.15) is 0 Å². The van der Waals surface area contributed by atoms with E-state index >= 15 is 0 Å². The fourth-order valence-corrected chi connectivity index (χ4v) is 2.51. The van der Waals surface area contributed by atoms with Gasteiger partial charge in [-0.25, -0.2) is 4.79 Å². The van der Waals surface area contributed by atoms with Crippen molar-refractivity contribution >= 4 is 17.8 Å². The number of ether oxygens (including phenoxy) is 2. The van der Waals surface area contributed by atoms with Crippen LogP contribution in [0.4, 0.5) is 4.79 Å². The minimum atomic E-state index is -0.753. The molecule has 0 radical (unpaired) electrons. The number of carbonyl (C=O) groups excluding carboxylic acids is 3. The smallest absolute Gasteiger partial charge is 0.312 e. The monoisotopic (exact) mass is 400 g/mol. The molecule has 5 N–H and O–H groups in total. The second-order valence-corrected chi connectivity index (χ2v) is 5.94. The van der Waals surface area contributed by atoms with Gasteiger partial charge in [0.2, 0.25) is 5.91 Å². The second-order valence-electron chi connectivity index (χ2n) is 5.94. The van der Waals surface area contributed by atoms with Gasteiger partial charge in [-0.1, -0.05) is 42.5 Å². The van der Waals surface area contributed by atoms with Crippen molar-refractivity contribution in [3.63, 3.8) is 0 Å². The number of amides is 4. The van der Waals surface area contributed by atoms with Crippen molar-refractivity contribution in [3.8, 4) is 11.5 Å². The number of benzene rings is 2. The first-order valence-electron chi connectivity index (χ1n) is 9.02. The standard InChI is InChI=1S/C20H24N4O5/c1-2-28-16-10-6-7-11-17(16)29-13-19(26)24-23-18(25)12-15(22-20(21)27)14-8-4-3-5-9-14/h3-11,15H,2,12-13H2,1H3,(H,23,25)(H,24,26)(H3,21,22,27). The second kappa shape index (κ2) is 11.2. The summed E-state index contributed by atoms with van der Waals surface area (Å²) in [4.78, 5) is 35.3. The van der Waals surface area contributed by atoms with Gasteiger partial charge in [-0.3, -0.25) is 20.4 Å². The fraction of sp³-hybridized carbons (Fsp3) is 0.250.